The van der Waals surface area contributed by atoms with Gasteiger partial charge in [0.05, 0.1) is 11.2 Å². The molecule has 7 rings (SSSR count). The van der Waals surface area contributed by atoms with Gasteiger partial charge in [-0.3, -0.25) is 9.59 Å². The number of benzene rings is 3. The molecule has 2 amide bonds. The van der Waals surface area contributed by atoms with Crippen LogP contribution in [0.2, 0.25) is 0 Å². The minimum absolute atomic E-state index is 0.106. The highest BCUT2D eigenvalue weighted by Gasteiger charge is 2.52. The number of hydrogen-bond acceptors (Lipinski definition) is 16. The molecule has 18 heteroatoms. The van der Waals surface area contributed by atoms with E-state index in [1.807, 2.05) is 0 Å². The largest absolute Gasteiger partial charge is 0.462 e. The Morgan fingerprint density at radius 1 is 0.581 bits per heavy atom. The predicted octanol–water partition coefficient (Wildman–Crippen LogP) is 3.52. The number of hydrogen-bond donors (Lipinski definition) is 6. The maximum Gasteiger partial charge on any atom is 0.360 e. The van der Waals surface area contributed by atoms with E-state index in [1.54, 1.807) is 65.8 Å². The van der Waals surface area contributed by atoms with Gasteiger partial charge in [-0.15, -0.1) is 0 Å². The summed E-state index contributed by atoms with van der Waals surface area (Å²) in [5, 5.41) is 48.5. The number of carbonyl (C=O) groups excluding carboxylic acids is 2. The van der Waals surface area contributed by atoms with Gasteiger partial charge in [-0.25, -0.2) is 9.59 Å². The summed E-state index contributed by atoms with van der Waals surface area (Å²) in [4.78, 5) is 52.5. The highest BCUT2D eigenvalue weighted by molar-refractivity contribution is 6.07. The molecule has 62 heavy (non-hydrogen) atoms. The molecule has 0 bridgehead atoms. The minimum atomic E-state index is -1.44. The first-order valence-electron chi connectivity index (χ1n) is 19.6. The third-order valence-electron chi connectivity index (χ3n) is 11.2. The van der Waals surface area contributed by atoms with Gasteiger partial charge in [0.2, 0.25) is 12.6 Å². The molecule has 5 aromatic rings. The Bertz CT molecular complexity index is 2460. The Morgan fingerprint density at radius 3 is 1.27 bits per heavy atom. The molecule has 18 nitrogen and oxygen atoms in total. The molecule has 0 spiro atoms. The van der Waals surface area contributed by atoms with E-state index in [1.165, 1.54) is 50.6 Å². The average molecular weight is 861 g/mol. The first kappa shape index (κ1) is 44.4. The van der Waals surface area contributed by atoms with Crippen LogP contribution in [-0.4, -0.2) is 107 Å². The zero-order valence-electron chi connectivity index (χ0n) is 35.1. The summed E-state index contributed by atoms with van der Waals surface area (Å²) in [7, 11) is 2.80. The van der Waals surface area contributed by atoms with Gasteiger partial charge in [-0.05, 0) is 102 Å². The Kier molecular flexibility index (Phi) is 12.1. The summed E-state index contributed by atoms with van der Waals surface area (Å²) in [5.74, 6) is -0.891. The fraction of sp³-hybridized carbons (Fsp3) is 0.409. The standard InChI is InChI=1S/C44H48N2O16/c1-19-27(57-41-31(49)29(47)35(55-7)43(3,4)61-41)15-13-23-17-25(39(53)59-33(19)23)45-37(51)21-9-11-22(12-10-21)38(52)46-26-18-24-14-16-28(20(2)34(24)60-40(26)54)58-42-32(50)30(48)36(56-8)44(5,6)62-42/h9-18,29-32,35-36,41-42,47-50H,1-8H3,(H,45,51)(H,46,52)/t29-,30-,31+,32+,35+,36+,41+,42+/m0/s1. The third kappa shape index (κ3) is 8.30. The number of aliphatic hydroxyl groups excluding tert-OH is 4. The van der Waals surface area contributed by atoms with E-state index in [0.717, 1.165) is 0 Å². The molecule has 2 saturated heterocycles. The van der Waals surface area contributed by atoms with Crippen LogP contribution in [0.4, 0.5) is 11.4 Å². The Labute approximate surface area is 353 Å². The smallest absolute Gasteiger partial charge is 0.360 e. The van der Waals surface area contributed by atoms with E-state index in [2.05, 4.69) is 10.6 Å². The molecule has 2 fully saturated rings. The average Bonchev–Trinajstić information content (AvgIpc) is 3.22. The molecular formula is C44H48N2O16. The zero-order valence-corrected chi connectivity index (χ0v) is 35.1. The molecule has 0 unspecified atom stereocenters. The molecule has 2 aromatic heterocycles. The number of carbonyl (C=O) groups is 2. The molecule has 0 radical (unpaired) electrons. The lowest BCUT2D eigenvalue weighted by Crippen LogP contribution is -2.63. The molecule has 2 aliphatic rings. The van der Waals surface area contributed by atoms with Crippen molar-refractivity contribution in [1.82, 2.24) is 0 Å². The van der Waals surface area contributed by atoms with Crippen molar-refractivity contribution in [3.63, 3.8) is 0 Å². The zero-order chi connectivity index (χ0) is 45.0. The molecule has 4 heterocycles. The van der Waals surface area contributed by atoms with E-state index < -0.39 is 83.5 Å². The van der Waals surface area contributed by atoms with Crippen LogP contribution in [0.15, 0.2) is 79.1 Å². The normalized spacial score (nSPS) is 25.6. The quantitative estimate of drug-likeness (QED) is 0.110. The lowest BCUT2D eigenvalue weighted by Gasteiger charge is -2.46. The van der Waals surface area contributed by atoms with E-state index in [9.17, 15) is 39.6 Å². The van der Waals surface area contributed by atoms with Crippen LogP contribution in [0.5, 0.6) is 11.5 Å². The second-order valence-corrected chi connectivity index (χ2v) is 16.3. The number of rotatable bonds is 10. The van der Waals surface area contributed by atoms with Gasteiger partial charge in [0, 0.05) is 47.2 Å². The fourth-order valence-electron chi connectivity index (χ4n) is 7.86. The number of fused-ring (bicyclic) bond motifs is 2. The van der Waals surface area contributed by atoms with Gasteiger partial charge in [-0.2, -0.15) is 0 Å². The Hall–Kier alpha value is -5.70. The summed E-state index contributed by atoms with van der Waals surface area (Å²) >= 11 is 0. The first-order valence-corrected chi connectivity index (χ1v) is 19.6. The highest BCUT2D eigenvalue weighted by atomic mass is 16.7. The van der Waals surface area contributed by atoms with Gasteiger partial charge in [0.25, 0.3) is 11.8 Å². The number of amides is 2. The van der Waals surface area contributed by atoms with Gasteiger partial charge in [-0.1, -0.05) is 0 Å². The molecule has 3 aromatic carbocycles. The number of ether oxygens (including phenoxy) is 6. The van der Waals surface area contributed by atoms with Crippen molar-refractivity contribution in [3.8, 4) is 11.5 Å². The van der Waals surface area contributed by atoms with Gasteiger partial charge in [0.1, 0.15) is 70.7 Å². The van der Waals surface area contributed by atoms with Gasteiger partial charge in [0.15, 0.2) is 0 Å². The van der Waals surface area contributed by atoms with Crippen LogP contribution in [0.25, 0.3) is 21.9 Å². The van der Waals surface area contributed by atoms with E-state index >= 15 is 0 Å². The Balaban J connectivity index is 1.01. The Morgan fingerprint density at radius 2 is 0.935 bits per heavy atom. The summed E-state index contributed by atoms with van der Waals surface area (Å²) < 4.78 is 45.5. The number of anilines is 2. The lowest BCUT2D eigenvalue weighted by atomic mass is 9.89. The number of nitrogens with one attached hydrogen (secondary N) is 2. The van der Waals surface area contributed by atoms with Gasteiger partial charge < -0.3 is 68.3 Å². The predicted molar refractivity (Wildman–Crippen MR) is 222 cm³/mol. The number of aliphatic hydroxyl groups is 4. The molecule has 0 saturated carbocycles. The van der Waals surface area contributed by atoms with Crippen molar-refractivity contribution >= 4 is 45.1 Å². The molecule has 0 aliphatic carbocycles. The molecular weight excluding hydrogens is 812 g/mol. The number of aryl methyl sites for hydroxylation is 2. The third-order valence-corrected chi connectivity index (χ3v) is 11.2. The van der Waals surface area contributed by atoms with Crippen LogP contribution in [0.1, 0.15) is 59.5 Å². The minimum Gasteiger partial charge on any atom is -0.462 e. The van der Waals surface area contributed by atoms with Crippen LogP contribution < -0.4 is 31.4 Å². The van der Waals surface area contributed by atoms with Gasteiger partial charge >= 0.3 is 11.3 Å². The second-order valence-electron chi connectivity index (χ2n) is 16.3. The van der Waals surface area contributed by atoms with Crippen LogP contribution >= 0.6 is 0 Å². The summed E-state index contributed by atoms with van der Waals surface area (Å²) in [6.07, 6.45) is -9.64. The summed E-state index contributed by atoms with van der Waals surface area (Å²) in [6.45, 7) is 10.0. The maximum atomic E-state index is 13.2. The monoisotopic (exact) mass is 860 g/mol. The van der Waals surface area contributed by atoms with Crippen molar-refractivity contribution in [1.29, 1.82) is 0 Å². The molecule has 2 aliphatic heterocycles. The molecule has 330 valence electrons. The topological polar surface area (TPSA) is 255 Å². The van der Waals surface area contributed by atoms with E-state index in [0.29, 0.717) is 21.9 Å². The van der Waals surface area contributed by atoms with Crippen molar-refractivity contribution in [3.05, 3.63) is 104 Å². The first-order chi connectivity index (χ1) is 29.2. The fourth-order valence-corrected chi connectivity index (χ4v) is 7.86. The number of methoxy groups -OCH3 is 2. The van der Waals surface area contributed by atoms with E-state index in [4.69, 9.17) is 37.3 Å². The van der Waals surface area contributed by atoms with Crippen molar-refractivity contribution in [2.24, 2.45) is 0 Å². The SMILES string of the molecule is CO[C@@H]1[C@@H](O)[C@@H](O)[C@H](Oc2ccc3cc(NC(=O)c4ccc(C(=O)Nc5cc6ccc(O[C@@H]7OC(C)(C)[C@H](OC)[C@@H](O)[C@H]7O)c(C)c6oc5=O)cc4)c(=O)oc3c2C)OC1(C)C. The van der Waals surface area contributed by atoms with Crippen LogP contribution in [0, 0.1) is 13.8 Å². The van der Waals surface area contributed by atoms with Crippen molar-refractivity contribution < 1.29 is 67.3 Å². The summed E-state index contributed by atoms with van der Waals surface area (Å²) in [6, 6.07) is 14.7. The molecule has 6 N–H and O–H groups in total. The van der Waals surface area contributed by atoms with E-state index in [-0.39, 0.29) is 45.2 Å². The second kappa shape index (κ2) is 16.9. The van der Waals surface area contributed by atoms with Crippen LogP contribution in [0.3, 0.4) is 0 Å². The maximum absolute atomic E-state index is 13.2. The van der Waals surface area contributed by atoms with Crippen LogP contribution in [-0.2, 0) is 18.9 Å². The summed E-state index contributed by atoms with van der Waals surface area (Å²) in [5.41, 5.74) is -2.70. The van der Waals surface area contributed by atoms with Crippen molar-refractivity contribution in [2.75, 3.05) is 24.9 Å². The molecule has 8 atom stereocenters. The highest BCUT2D eigenvalue weighted by Crippen LogP contribution is 2.37. The van der Waals surface area contributed by atoms with Crippen molar-refractivity contribution in [2.45, 2.75) is 102 Å². The lowest BCUT2D eigenvalue weighted by molar-refractivity contribution is -0.306.